The lowest BCUT2D eigenvalue weighted by atomic mass is 9.76. The number of aliphatic carboxylic acids is 1. The highest BCUT2D eigenvalue weighted by Gasteiger charge is 2.95. The molecule has 3 aliphatic heterocycles. The summed E-state index contributed by atoms with van der Waals surface area (Å²) in [6, 6.07) is 12.5. The smallest absolute Gasteiger partial charge is 0.306 e. The highest BCUT2D eigenvalue weighted by Crippen LogP contribution is 2.82. The molecule has 4 unspecified atom stereocenters. The van der Waals surface area contributed by atoms with E-state index in [2.05, 4.69) is 6.07 Å². The minimum Gasteiger partial charge on any atom is -0.481 e. The van der Waals surface area contributed by atoms with E-state index in [0.717, 1.165) is 0 Å². The zero-order valence-corrected chi connectivity index (χ0v) is 16.0. The van der Waals surface area contributed by atoms with Gasteiger partial charge in [-0.25, -0.2) is 4.90 Å². The van der Waals surface area contributed by atoms with Crippen molar-refractivity contribution in [2.45, 2.75) is 24.5 Å². The first kappa shape index (κ1) is 17.4. The molecule has 3 fully saturated rings. The number of piperidine rings is 1. The number of ether oxygens (including phenoxy) is 1. The number of hydrogen-bond donors (Lipinski definition) is 1. The van der Waals surface area contributed by atoms with Crippen molar-refractivity contribution in [3.05, 3.63) is 54.1 Å². The standard InChI is InChI=1S/C23H16N2O5/c1-21-8-9-22(30-21,10-16(26)27)23-17(18(21)23)19(28)25(20(23)29)15-7-6-12(11-24)13-4-2-3-5-14(13)15/h2-9,17-18H,10H2,1H3,(H,26,27)/t17?,18?,21?,22?,23-/m1/s1. The summed E-state index contributed by atoms with van der Waals surface area (Å²) in [4.78, 5) is 40.1. The number of imide groups is 1. The van der Waals surface area contributed by atoms with Gasteiger partial charge in [0.05, 0.1) is 35.3 Å². The fourth-order valence-corrected chi connectivity index (χ4v) is 6.33. The molecule has 2 aromatic rings. The van der Waals surface area contributed by atoms with Gasteiger partial charge in [0.15, 0.2) is 0 Å². The number of hydrogen-bond acceptors (Lipinski definition) is 5. The lowest BCUT2D eigenvalue weighted by Gasteiger charge is -2.31. The normalized spacial score (nSPS) is 37.4. The summed E-state index contributed by atoms with van der Waals surface area (Å²) in [5.74, 6) is -2.77. The van der Waals surface area contributed by atoms with Gasteiger partial charge in [-0.15, -0.1) is 0 Å². The molecule has 4 aliphatic rings. The third kappa shape index (κ3) is 1.62. The van der Waals surface area contributed by atoms with Crippen LogP contribution in [0.4, 0.5) is 5.69 Å². The van der Waals surface area contributed by atoms with E-state index in [-0.39, 0.29) is 18.2 Å². The monoisotopic (exact) mass is 400 g/mol. The van der Waals surface area contributed by atoms with Gasteiger partial charge in [0, 0.05) is 16.7 Å². The minimum absolute atomic E-state index is 0.326. The summed E-state index contributed by atoms with van der Waals surface area (Å²) in [7, 11) is 0. The van der Waals surface area contributed by atoms with E-state index >= 15 is 0 Å². The molecule has 30 heavy (non-hydrogen) atoms. The maximum Gasteiger partial charge on any atom is 0.306 e. The van der Waals surface area contributed by atoms with Crippen molar-refractivity contribution >= 4 is 34.2 Å². The van der Waals surface area contributed by atoms with Gasteiger partial charge in [-0.1, -0.05) is 36.4 Å². The van der Waals surface area contributed by atoms with Crippen LogP contribution in [0.25, 0.3) is 10.8 Å². The third-order valence-corrected chi connectivity index (χ3v) is 7.33. The fraction of sp³-hybridized carbons (Fsp3) is 0.304. The highest BCUT2D eigenvalue weighted by atomic mass is 16.5. The molecule has 3 heterocycles. The predicted molar refractivity (Wildman–Crippen MR) is 104 cm³/mol. The highest BCUT2D eigenvalue weighted by molar-refractivity contribution is 6.30. The Balaban J connectivity index is 1.53. The molecule has 6 rings (SSSR count). The van der Waals surface area contributed by atoms with Gasteiger partial charge >= 0.3 is 5.97 Å². The number of benzene rings is 2. The quantitative estimate of drug-likeness (QED) is 0.626. The SMILES string of the molecule is CC12C=CC(CC(=O)O)(O1)[C@]13C(=O)N(c4ccc(C#N)c5ccccc45)C(=O)C1C23. The number of amides is 2. The molecular formula is C23H16N2O5. The predicted octanol–water partition coefficient (Wildman–Crippen LogP) is 2.39. The zero-order valence-electron chi connectivity index (χ0n) is 16.0. The Bertz CT molecular complexity index is 1290. The average Bonchev–Trinajstić information content (AvgIpc) is 3.20. The summed E-state index contributed by atoms with van der Waals surface area (Å²) in [6.07, 6.45) is 3.10. The van der Waals surface area contributed by atoms with E-state index in [1.165, 1.54) is 4.90 Å². The van der Waals surface area contributed by atoms with E-state index in [9.17, 15) is 24.8 Å². The molecule has 2 aromatic carbocycles. The Labute approximate surface area is 171 Å². The number of nitrogens with zero attached hydrogens (tertiary/aromatic N) is 2. The number of carboxylic acids is 1. The molecule has 7 nitrogen and oxygen atoms in total. The van der Waals surface area contributed by atoms with Crippen molar-refractivity contribution in [1.82, 2.24) is 0 Å². The average molecular weight is 400 g/mol. The Morgan fingerprint density at radius 3 is 2.63 bits per heavy atom. The Kier molecular flexibility index (Phi) is 2.88. The van der Waals surface area contributed by atoms with Crippen LogP contribution in [0.3, 0.4) is 0 Å². The van der Waals surface area contributed by atoms with Crippen LogP contribution in [0.5, 0.6) is 0 Å². The van der Waals surface area contributed by atoms with Gasteiger partial charge in [-0.2, -0.15) is 5.26 Å². The van der Waals surface area contributed by atoms with Gasteiger partial charge in [-0.05, 0) is 19.1 Å². The van der Waals surface area contributed by atoms with E-state index in [1.807, 2.05) is 6.92 Å². The molecule has 0 aromatic heterocycles. The zero-order chi connectivity index (χ0) is 21.1. The molecule has 7 heteroatoms. The van der Waals surface area contributed by atoms with E-state index in [4.69, 9.17) is 4.74 Å². The van der Waals surface area contributed by atoms with Crippen LogP contribution in [0.2, 0.25) is 0 Å². The largest absolute Gasteiger partial charge is 0.481 e. The maximum absolute atomic E-state index is 13.8. The van der Waals surface area contributed by atoms with Crippen LogP contribution in [0, 0.1) is 28.6 Å². The van der Waals surface area contributed by atoms with Crippen LogP contribution in [-0.4, -0.2) is 34.1 Å². The molecule has 1 N–H and O–H groups in total. The molecule has 2 bridgehead atoms. The van der Waals surface area contributed by atoms with E-state index in [1.54, 1.807) is 48.6 Å². The fourth-order valence-electron chi connectivity index (χ4n) is 6.33. The van der Waals surface area contributed by atoms with E-state index < -0.39 is 34.4 Å². The molecule has 5 atom stereocenters. The van der Waals surface area contributed by atoms with Crippen molar-refractivity contribution in [2.24, 2.45) is 17.3 Å². The lowest BCUT2D eigenvalue weighted by molar-refractivity contribution is -0.150. The van der Waals surface area contributed by atoms with Gasteiger partial charge in [0.25, 0.3) is 0 Å². The molecule has 0 radical (unpaired) electrons. The molecule has 1 saturated carbocycles. The van der Waals surface area contributed by atoms with Crippen molar-refractivity contribution < 1.29 is 24.2 Å². The third-order valence-electron chi connectivity index (χ3n) is 7.33. The van der Waals surface area contributed by atoms with Gasteiger partial charge < -0.3 is 9.84 Å². The Morgan fingerprint density at radius 1 is 1.20 bits per heavy atom. The van der Waals surface area contributed by atoms with Gasteiger partial charge in [-0.3, -0.25) is 14.4 Å². The van der Waals surface area contributed by atoms with Gasteiger partial charge in [0.2, 0.25) is 11.8 Å². The molecule has 148 valence electrons. The summed E-state index contributed by atoms with van der Waals surface area (Å²) >= 11 is 0. The van der Waals surface area contributed by atoms with Crippen molar-refractivity contribution in [3.63, 3.8) is 0 Å². The van der Waals surface area contributed by atoms with Crippen LogP contribution >= 0.6 is 0 Å². The molecule has 1 spiro atoms. The maximum atomic E-state index is 13.8. The van der Waals surface area contributed by atoms with Gasteiger partial charge in [0.1, 0.15) is 11.0 Å². The van der Waals surface area contributed by atoms with Crippen molar-refractivity contribution in [2.75, 3.05) is 4.90 Å². The summed E-state index contributed by atoms with van der Waals surface area (Å²) in [5.41, 5.74) is -2.43. The van der Waals surface area contributed by atoms with Crippen molar-refractivity contribution in [1.29, 1.82) is 5.26 Å². The summed E-state index contributed by atoms with van der Waals surface area (Å²) in [5, 5.41) is 20.2. The number of carbonyl (C=O) groups excluding carboxylic acids is 2. The van der Waals surface area contributed by atoms with Crippen LogP contribution in [-0.2, 0) is 19.1 Å². The second kappa shape index (κ2) is 4.97. The number of rotatable bonds is 3. The minimum atomic E-state index is -1.31. The molecule has 1 aliphatic carbocycles. The number of anilines is 1. The Morgan fingerprint density at radius 2 is 1.93 bits per heavy atom. The summed E-state index contributed by atoms with van der Waals surface area (Å²) in [6.45, 7) is 1.81. The first-order chi connectivity index (χ1) is 14.3. The van der Waals surface area contributed by atoms with E-state index in [0.29, 0.717) is 22.0 Å². The first-order valence-electron chi connectivity index (χ1n) is 9.73. The number of fused-ring (bicyclic) bond motifs is 5. The number of nitriles is 1. The topological polar surface area (TPSA) is 108 Å². The number of carboxylic acid groups (broad SMARTS) is 1. The lowest BCUT2D eigenvalue weighted by Crippen LogP contribution is -2.47. The summed E-state index contributed by atoms with van der Waals surface area (Å²) < 4.78 is 6.12. The first-order valence-corrected chi connectivity index (χ1v) is 9.73. The molecule has 2 saturated heterocycles. The van der Waals surface area contributed by atoms with Crippen LogP contribution in [0.1, 0.15) is 18.9 Å². The molecule has 2 amide bonds. The number of carbonyl (C=O) groups is 3. The molecular weight excluding hydrogens is 384 g/mol. The Hall–Kier alpha value is -3.50. The van der Waals surface area contributed by atoms with Crippen LogP contribution < -0.4 is 4.90 Å². The van der Waals surface area contributed by atoms with Crippen molar-refractivity contribution in [3.8, 4) is 6.07 Å². The van der Waals surface area contributed by atoms with Crippen LogP contribution in [0.15, 0.2) is 48.6 Å². The second-order valence-corrected chi connectivity index (χ2v) is 8.67. The second-order valence-electron chi connectivity index (χ2n) is 8.67.